The van der Waals surface area contributed by atoms with Gasteiger partial charge in [-0.15, -0.1) is 0 Å². The number of nitrogens with zero attached hydrogens (tertiary/aromatic N) is 5. The second kappa shape index (κ2) is 5.42. The van der Waals surface area contributed by atoms with E-state index in [1.807, 2.05) is 19.9 Å². The molecule has 0 aliphatic rings. The minimum absolute atomic E-state index is 0.256. The summed E-state index contributed by atoms with van der Waals surface area (Å²) in [5.74, 6) is 0.102. The Bertz CT molecular complexity index is 546. The van der Waals surface area contributed by atoms with Crippen LogP contribution < -0.4 is 10.9 Å². The minimum atomic E-state index is -0.471. The van der Waals surface area contributed by atoms with Crippen LogP contribution in [0.15, 0.2) is 18.7 Å². The molecule has 2 heterocycles. The number of rotatable bonds is 4. The molecule has 0 radical (unpaired) electrons. The van der Waals surface area contributed by atoms with Crippen molar-refractivity contribution in [1.82, 2.24) is 30.2 Å². The molecule has 1 unspecified atom stereocenters. The van der Waals surface area contributed by atoms with E-state index in [1.54, 1.807) is 6.92 Å². The van der Waals surface area contributed by atoms with E-state index in [0.29, 0.717) is 5.95 Å². The highest BCUT2D eigenvalue weighted by Crippen LogP contribution is 2.04. The lowest BCUT2D eigenvalue weighted by molar-refractivity contribution is -0.123. The Morgan fingerprint density at radius 3 is 2.58 bits per heavy atom. The molecular weight excluding hydrogens is 246 g/mol. The predicted octanol–water partition coefficient (Wildman–Crippen LogP) is 0.389. The Balaban J connectivity index is 1.96. The molecule has 0 aliphatic carbocycles. The van der Waals surface area contributed by atoms with Gasteiger partial charge in [0.2, 0.25) is 5.95 Å². The molecule has 2 aromatic heterocycles. The second-order valence-corrected chi connectivity index (χ2v) is 4.14. The maximum Gasteiger partial charge on any atom is 0.263 e. The topological polar surface area (TPSA) is 97.6 Å². The summed E-state index contributed by atoms with van der Waals surface area (Å²) >= 11 is 0. The molecule has 0 spiro atoms. The fourth-order valence-electron chi connectivity index (χ4n) is 1.54. The molecule has 8 nitrogen and oxygen atoms in total. The smallest absolute Gasteiger partial charge is 0.263 e. The lowest BCUT2D eigenvalue weighted by atomic mass is 10.3. The molecule has 19 heavy (non-hydrogen) atoms. The van der Waals surface area contributed by atoms with Gasteiger partial charge in [-0.05, 0) is 26.8 Å². The van der Waals surface area contributed by atoms with Crippen LogP contribution in [0.5, 0.6) is 0 Å². The van der Waals surface area contributed by atoms with E-state index >= 15 is 0 Å². The van der Waals surface area contributed by atoms with Crippen LogP contribution in [0.3, 0.4) is 0 Å². The van der Waals surface area contributed by atoms with Crippen LogP contribution in [-0.2, 0) is 4.79 Å². The molecule has 0 saturated carbocycles. The second-order valence-electron chi connectivity index (χ2n) is 4.14. The van der Waals surface area contributed by atoms with Crippen LogP contribution in [0, 0.1) is 13.8 Å². The summed E-state index contributed by atoms with van der Waals surface area (Å²) in [5.41, 5.74) is 6.88. The third-order valence-electron chi connectivity index (χ3n) is 2.49. The Morgan fingerprint density at radius 1 is 1.32 bits per heavy atom. The SMILES string of the molecule is Cc1cc(C)nc(NNC(=O)C(C)n2cncn2)n1. The highest BCUT2D eigenvalue weighted by atomic mass is 16.2. The van der Waals surface area contributed by atoms with E-state index in [2.05, 4.69) is 30.9 Å². The zero-order valence-electron chi connectivity index (χ0n) is 11.0. The first-order valence-electron chi connectivity index (χ1n) is 5.78. The first kappa shape index (κ1) is 12.9. The van der Waals surface area contributed by atoms with E-state index in [4.69, 9.17) is 0 Å². The maximum atomic E-state index is 11.9. The Hall–Kier alpha value is -2.51. The average molecular weight is 261 g/mol. The maximum absolute atomic E-state index is 11.9. The summed E-state index contributed by atoms with van der Waals surface area (Å²) in [6.07, 6.45) is 2.86. The summed E-state index contributed by atoms with van der Waals surface area (Å²) in [6, 6.07) is 1.38. The van der Waals surface area contributed by atoms with Gasteiger partial charge in [-0.2, -0.15) is 5.10 Å². The number of amides is 1. The minimum Gasteiger partial charge on any atom is -0.271 e. The first-order chi connectivity index (χ1) is 9.06. The van der Waals surface area contributed by atoms with E-state index in [0.717, 1.165) is 11.4 Å². The molecular formula is C11H15N7O. The fraction of sp³-hybridized carbons (Fsp3) is 0.364. The van der Waals surface area contributed by atoms with E-state index in [-0.39, 0.29) is 5.91 Å². The molecule has 0 fully saturated rings. The Labute approximate surface area is 110 Å². The first-order valence-corrected chi connectivity index (χ1v) is 5.78. The van der Waals surface area contributed by atoms with Crippen molar-refractivity contribution in [3.8, 4) is 0 Å². The average Bonchev–Trinajstić information content (AvgIpc) is 2.87. The molecule has 1 atom stereocenters. The molecule has 2 rings (SSSR count). The van der Waals surface area contributed by atoms with Crippen LogP contribution in [-0.4, -0.2) is 30.6 Å². The highest BCUT2D eigenvalue weighted by Gasteiger charge is 2.15. The van der Waals surface area contributed by atoms with Gasteiger partial charge in [0.15, 0.2) is 0 Å². The van der Waals surface area contributed by atoms with Gasteiger partial charge in [-0.25, -0.2) is 19.6 Å². The van der Waals surface area contributed by atoms with E-state index < -0.39 is 6.04 Å². The lowest BCUT2D eigenvalue weighted by Gasteiger charge is -2.13. The number of carbonyl (C=O) groups excluding carboxylic acids is 1. The number of hydrazine groups is 1. The normalized spacial score (nSPS) is 11.9. The molecule has 1 amide bonds. The summed E-state index contributed by atoms with van der Waals surface area (Å²) in [5, 5.41) is 3.91. The lowest BCUT2D eigenvalue weighted by Crippen LogP contribution is -2.36. The van der Waals surface area contributed by atoms with Gasteiger partial charge >= 0.3 is 0 Å². The number of aromatic nitrogens is 5. The standard InChI is InChI=1S/C11H15N7O/c1-7-4-8(2)15-11(14-7)17-16-10(19)9(3)18-6-12-5-13-18/h4-6,9H,1-3H3,(H,16,19)(H,14,15,17). The fourth-order valence-corrected chi connectivity index (χ4v) is 1.54. The number of anilines is 1. The highest BCUT2D eigenvalue weighted by molar-refractivity contribution is 5.80. The molecule has 0 aliphatic heterocycles. The van der Waals surface area contributed by atoms with E-state index in [9.17, 15) is 4.79 Å². The Kier molecular flexibility index (Phi) is 3.69. The van der Waals surface area contributed by atoms with Crippen molar-refractivity contribution >= 4 is 11.9 Å². The van der Waals surface area contributed by atoms with Gasteiger partial charge in [-0.1, -0.05) is 0 Å². The Morgan fingerprint density at radius 2 is 2.00 bits per heavy atom. The van der Waals surface area contributed by atoms with Crippen LogP contribution in [0.4, 0.5) is 5.95 Å². The molecule has 0 bridgehead atoms. The van der Waals surface area contributed by atoms with Crippen molar-refractivity contribution in [3.05, 3.63) is 30.1 Å². The molecule has 2 aromatic rings. The molecule has 0 aromatic carbocycles. The van der Waals surface area contributed by atoms with Gasteiger partial charge in [-0.3, -0.25) is 15.6 Å². The monoisotopic (exact) mass is 261 g/mol. The molecule has 0 saturated heterocycles. The number of hydrogen-bond acceptors (Lipinski definition) is 6. The van der Waals surface area contributed by atoms with Crippen molar-refractivity contribution in [2.24, 2.45) is 0 Å². The van der Waals surface area contributed by atoms with Crippen molar-refractivity contribution in [2.45, 2.75) is 26.8 Å². The van der Waals surface area contributed by atoms with Crippen molar-refractivity contribution < 1.29 is 4.79 Å². The van der Waals surface area contributed by atoms with Crippen LogP contribution >= 0.6 is 0 Å². The summed E-state index contributed by atoms with van der Waals surface area (Å²) in [6.45, 7) is 5.44. The quantitative estimate of drug-likeness (QED) is 0.773. The largest absolute Gasteiger partial charge is 0.271 e. The number of hydrogen-bond donors (Lipinski definition) is 2. The third kappa shape index (κ3) is 3.24. The van der Waals surface area contributed by atoms with Gasteiger partial charge in [0.25, 0.3) is 5.91 Å². The number of aryl methyl sites for hydroxylation is 2. The number of carbonyl (C=O) groups is 1. The van der Waals surface area contributed by atoms with Gasteiger partial charge in [0, 0.05) is 11.4 Å². The summed E-state index contributed by atoms with van der Waals surface area (Å²) in [7, 11) is 0. The van der Waals surface area contributed by atoms with Crippen molar-refractivity contribution in [3.63, 3.8) is 0 Å². The summed E-state index contributed by atoms with van der Waals surface area (Å²) < 4.78 is 1.46. The van der Waals surface area contributed by atoms with Crippen molar-refractivity contribution in [1.29, 1.82) is 0 Å². The zero-order valence-corrected chi connectivity index (χ0v) is 11.0. The number of nitrogens with one attached hydrogen (secondary N) is 2. The van der Waals surface area contributed by atoms with Gasteiger partial charge in [0.1, 0.15) is 18.7 Å². The molecule has 8 heteroatoms. The van der Waals surface area contributed by atoms with Gasteiger partial charge in [0.05, 0.1) is 0 Å². The van der Waals surface area contributed by atoms with Crippen LogP contribution in [0.1, 0.15) is 24.4 Å². The third-order valence-corrected chi connectivity index (χ3v) is 2.49. The van der Waals surface area contributed by atoms with Gasteiger partial charge < -0.3 is 0 Å². The zero-order chi connectivity index (χ0) is 13.8. The van der Waals surface area contributed by atoms with Crippen molar-refractivity contribution in [2.75, 3.05) is 5.43 Å². The molecule has 100 valence electrons. The van der Waals surface area contributed by atoms with Crippen LogP contribution in [0.25, 0.3) is 0 Å². The van der Waals surface area contributed by atoms with Crippen LogP contribution in [0.2, 0.25) is 0 Å². The summed E-state index contributed by atoms with van der Waals surface area (Å²) in [4.78, 5) is 24.0. The van der Waals surface area contributed by atoms with E-state index in [1.165, 1.54) is 17.3 Å². The predicted molar refractivity (Wildman–Crippen MR) is 68.0 cm³/mol. The molecule has 2 N–H and O–H groups in total.